The van der Waals surface area contributed by atoms with Gasteiger partial charge in [0.1, 0.15) is 22.2 Å². The summed E-state index contributed by atoms with van der Waals surface area (Å²) in [5, 5.41) is 11.7. The van der Waals surface area contributed by atoms with Gasteiger partial charge in [0, 0.05) is 29.9 Å². The number of aliphatic hydroxyl groups excluding tert-OH is 1. The molecule has 1 amide bonds. The topological polar surface area (TPSA) is 117 Å². The molecule has 2 heterocycles. The van der Waals surface area contributed by atoms with Crippen LogP contribution in [0.2, 0.25) is 0 Å². The molecule has 0 atom stereocenters. The number of aliphatic hydroxyl groups is 1. The second kappa shape index (κ2) is 12.9. The minimum Gasteiger partial charge on any atom is -0.497 e. The maximum atomic E-state index is 14.0. The predicted molar refractivity (Wildman–Crippen MR) is 157 cm³/mol. The first-order valence-corrected chi connectivity index (χ1v) is 16.4. The Morgan fingerprint density at radius 3 is 2.48 bits per heavy atom. The number of aromatic nitrogens is 1. The van der Waals surface area contributed by atoms with Gasteiger partial charge in [0.25, 0.3) is 0 Å². The summed E-state index contributed by atoms with van der Waals surface area (Å²) in [6, 6.07) is 11.8. The van der Waals surface area contributed by atoms with Gasteiger partial charge in [-0.25, -0.2) is 17.7 Å². The van der Waals surface area contributed by atoms with Crippen molar-refractivity contribution in [3.8, 4) is 5.75 Å². The Kier molecular flexibility index (Phi) is 9.78. The molecule has 40 heavy (non-hydrogen) atoms. The monoisotopic (exact) mass is 605 g/mol. The number of rotatable bonds is 15. The molecular weight excluding hydrogens is 571 g/mol. The van der Waals surface area contributed by atoms with Crippen LogP contribution in [0.25, 0.3) is 0 Å². The lowest BCUT2D eigenvalue weighted by atomic mass is 9.94. The average molecular weight is 606 g/mol. The molecule has 1 fully saturated rings. The van der Waals surface area contributed by atoms with Crippen LogP contribution >= 0.6 is 22.7 Å². The van der Waals surface area contributed by atoms with Crippen LogP contribution in [0.3, 0.4) is 0 Å². The maximum Gasteiger partial charge on any atom is 0.233 e. The van der Waals surface area contributed by atoms with Crippen molar-refractivity contribution in [2.24, 2.45) is 0 Å². The number of carbonyl (C=O) groups excluding carboxylic acids is 2. The molecule has 2 aromatic heterocycles. The molecular formula is C28H35N3O6S3. The molecule has 1 N–H and O–H groups in total. The Morgan fingerprint density at radius 1 is 1.15 bits per heavy atom. The van der Waals surface area contributed by atoms with Crippen LogP contribution in [0, 0.1) is 6.92 Å². The van der Waals surface area contributed by atoms with E-state index in [0.717, 1.165) is 41.3 Å². The van der Waals surface area contributed by atoms with E-state index in [1.54, 1.807) is 25.4 Å². The summed E-state index contributed by atoms with van der Waals surface area (Å²) in [6.07, 6.45) is 3.17. The van der Waals surface area contributed by atoms with Crippen molar-refractivity contribution in [1.82, 2.24) is 14.2 Å². The van der Waals surface area contributed by atoms with Crippen LogP contribution in [0.1, 0.15) is 50.1 Å². The minimum absolute atomic E-state index is 0.0396. The summed E-state index contributed by atoms with van der Waals surface area (Å²) < 4.78 is 31.3. The Bertz CT molecular complexity index is 1410. The van der Waals surface area contributed by atoms with Crippen LogP contribution in [0.4, 0.5) is 0 Å². The van der Waals surface area contributed by atoms with Gasteiger partial charge in [-0.15, -0.1) is 22.7 Å². The lowest BCUT2D eigenvalue weighted by Crippen LogP contribution is -2.39. The molecule has 1 aliphatic carbocycles. The molecule has 0 radical (unpaired) electrons. The highest BCUT2D eigenvalue weighted by Crippen LogP contribution is 2.50. The molecule has 12 heteroatoms. The third-order valence-electron chi connectivity index (χ3n) is 7.15. The van der Waals surface area contributed by atoms with Crippen molar-refractivity contribution in [2.75, 3.05) is 39.6 Å². The number of ketones is 1. The number of carbonyl (C=O) groups is 2. The second-order valence-corrected chi connectivity index (χ2v) is 14.4. The van der Waals surface area contributed by atoms with E-state index in [1.807, 2.05) is 40.6 Å². The van der Waals surface area contributed by atoms with Gasteiger partial charge in [-0.1, -0.05) is 18.2 Å². The van der Waals surface area contributed by atoms with Crippen molar-refractivity contribution < 1.29 is 27.9 Å². The largest absolute Gasteiger partial charge is 0.497 e. The van der Waals surface area contributed by atoms with E-state index in [1.165, 1.54) is 23.3 Å². The number of Topliss-reactive ketones (excluding diaryl/α,β-unsaturated/α-hetero) is 1. The minimum atomic E-state index is -3.88. The summed E-state index contributed by atoms with van der Waals surface area (Å²) in [5.74, 6) is -0.549. The Morgan fingerprint density at radius 2 is 1.88 bits per heavy atom. The van der Waals surface area contributed by atoms with Crippen LogP contribution in [0.5, 0.6) is 5.75 Å². The van der Waals surface area contributed by atoms with E-state index < -0.39 is 27.0 Å². The van der Waals surface area contributed by atoms with Crippen molar-refractivity contribution in [2.45, 2.75) is 44.6 Å². The van der Waals surface area contributed by atoms with E-state index in [0.29, 0.717) is 16.4 Å². The first-order chi connectivity index (χ1) is 19.1. The molecule has 0 aliphatic heterocycles. The third-order valence-corrected chi connectivity index (χ3v) is 10.8. The van der Waals surface area contributed by atoms with E-state index in [-0.39, 0.29) is 31.3 Å². The highest BCUT2D eigenvalue weighted by Gasteiger charge is 2.53. The highest BCUT2D eigenvalue weighted by molar-refractivity contribution is 7.89. The van der Waals surface area contributed by atoms with Gasteiger partial charge >= 0.3 is 0 Å². The quantitative estimate of drug-likeness (QED) is 0.263. The lowest BCUT2D eigenvalue weighted by Gasteiger charge is -2.27. The molecule has 1 saturated carbocycles. The molecule has 9 nitrogen and oxygen atoms in total. The van der Waals surface area contributed by atoms with Crippen molar-refractivity contribution in [3.63, 3.8) is 0 Å². The molecule has 0 bridgehead atoms. The van der Waals surface area contributed by atoms with E-state index >= 15 is 0 Å². The number of benzene rings is 1. The van der Waals surface area contributed by atoms with E-state index in [2.05, 4.69) is 11.1 Å². The SMILES string of the molecule is COc1ccc(C2(C(=O)N(CCCc3cccs3)Cc3nc(C(=O)CS(=O)(=O)N(C)CCO)c(C)s3)CC2)cc1. The highest BCUT2D eigenvalue weighted by atomic mass is 32.2. The van der Waals surface area contributed by atoms with Crippen LogP contribution in [-0.4, -0.2) is 79.0 Å². The third kappa shape index (κ3) is 6.98. The maximum absolute atomic E-state index is 14.0. The van der Waals surface area contributed by atoms with Gasteiger partial charge in [-0.05, 0) is 61.7 Å². The summed E-state index contributed by atoms with van der Waals surface area (Å²) >= 11 is 3.00. The summed E-state index contributed by atoms with van der Waals surface area (Å²) in [4.78, 5) is 35.2. The number of hydrogen-bond donors (Lipinski definition) is 1. The fourth-order valence-electron chi connectivity index (χ4n) is 4.68. The zero-order chi connectivity index (χ0) is 28.9. The Labute approximate surface area is 243 Å². The van der Waals surface area contributed by atoms with Gasteiger partial charge in [0.15, 0.2) is 5.78 Å². The number of methoxy groups -OCH3 is 1. The van der Waals surface area contributed by atoms with Crippen LogP contribution in [0.15, 0.2) is 41.8 Å². The fourth-order valence-corrected chi connectivity index (χ4v) is 7.45. The standard InChI is InChI=1S/C28H35N3O6S3/c1-20-26(24(33)19-40(35,36)30(2)15-16-32)29-25(39-20)18-31(14-4-6-23-7-5-17-38-23)27(34)28(12-13-28)21-8-10-22(37-3)11-9-21/h5,7-11,17,32H,4,6,12-16,18-19H2,1-3H3. The van der Waals surface area contributed by atoms with Crippen molar-refractivity contribution >= 4 is 44.4 Å². The molecule has 0 unspecified atom stereocenters. The van der Waals surface area contributed by atoms with Gasteiger partial charge in [0.05, 0.1) is 25.7 Å². The molecule has 0 spiro atoms. The van der Waals surface area contributed by atoms with Gasteiger partial charge in [0.2, 0.25) is 15.9 Å². The zero-order valence-electron chi connectivity index (χ0n) is 23.0. The first kappa shape index (κ1) is 30.3. The average Bonchev–Trinajstić information content (AvgIpc) is 3.41. The molecule has 4 rings (SSSR count). The van der Waals surface area contributed by atoms with Gasteiger partial charge in [-0.3, -0.25) is 9.59 Å². The zero-order valence-corrected chi connectivity index (χ0v) is 25.4. The Balaban J connectivity index is 1.53. The van der Waals surface area contributed by atoms with Gasteiger partial charge in [-0.2, -0.15) is 0 Å². The number of likely N-dealkylation sites (N-methyl/N-ethyl adjacent to an activating group) is 1. The Hall–Kier alpha value is -2.64. The number of amides is 1. The fraction of sp³-hybridized carbons (Fsp3) is 0.464. The number of aryl methyl sites for hydroxylation is 2. The molecule has 0 saturated heterocycles. The molecule has 1 aliphatic rings. The number of thiazole rings is 1. The van der Waals surface area contributed by atoms with E-state index in [4.69, 9.17) is 9.84 Å². The van der Waals surface area contributed by atoms with Gasteiger partial charge < -0.3 is 14.7 Å². The number of hydrogen-bond acceptors (Lipinski definition) is 9. The summed E-state index contributed by atoms with van der Waals surface area (Å²) in [5.41, 5.74) is 0.499. The van der Waals surface area contributed by atoms with Crippen molar-refractivity contribution in [1.29, 1.82) is 0 Å². The number of ether oxygens (including phenoxy) is 1. The number of nitrogens with zero attached hydrogens (tertiary/aromatic N) is 3. The smallest absolute Gasteiger partial charge is 0.233 e. The normalized spacial score (nSPS) is 14.3. The number of sulfonamides is 1. The molecule has 3 aromatic rings. The summed E-state index contributed by atoms with van der Waals surface area (Å²) in [7, 11) is -0.939. The van der Waals surface area contributed by atoms with E-state index in [9.17, 15) is 18.0 Å². The predicted octanol–water partition coefficient (Wildman–Crippen LogP) is 3.65. The molecule has 216 valence electrons. The summed E-state index contributed by atoms with van der Waals surface area (Å²) in [6.45, 7) is 2.10. The van der Waals surface area contributed by atoms with Crippen molar-refractivity contribution in [3.05, 3.63) is 67.8 Å². The second-order valence-electron chi connectivity index (χ2n) is 9.96. The van der Waals surface area contributed by atoms with Crippen LogP contribution < -0.4 is 4.74 Å². The molecule has 1 aromatic carbocycles. The lowest BCUT2D eigenvalue weighted by molar-refractivity contribution is -0.134. The first-order valence-electron chi connectivity index (χ1n) is 13.1. The van der Waals surface area contributed by atoms with Crippen LogP contribution in [-0.2, 0) is 33.2 Å². The number of thiophene rings is 1.